The average Bonchev–Trinajstić information content (AvgIpc) is 2.39. The molecule has 0 spiro atoms. The monoisotopic (exact) mass is 242 g/mol. The first-order chi connectivity index (χ1) is 8.69. The van der Waals surface area contributed by atoms with Crippen molar-refractivity contribution in [1.82, 2.24) is 9.97 Å². The molecule has 2 rings (SSSR count). The third kappa shape index (κ3) is 2.82. The summed E-state index contributed by atoms with van der Waals surface area (Å²) in [5.74, 6) is 1.04. The van der Waals surface area contributed by atoms with Gasteiger partial charge in [0.15, 0.2) is 0 Å². The van der Waals surface area contributed by atoms with Gasteiger partial charge >= 0.3 is 0 Å². The lowest BCUT2D eigenvalue weighted by Crippen LogP contribution is -2.13. The number of hydrogen-bond donors (Lipinski definition) is 2. The van der Waals surface area contributed by atoms with Crippen molar-refractivity contribution in [2.75, 3.05) is 17.7 Å². The van der Waals surface area contributed by atoms with Crippen molar-refractivity contribution in [2.45, 2.75) is 6.92 Å². The molecule has 0 saturated carbocycles. The summed E-state index contributed by atoms with van der Waals surface area (Å²) in [6.07, 6.45) is 3.18. The molecule has 1 amide bonds. The van der Waals surface area contributed by atoms with E-state index in [1.165, 1.54) is 6.20 Å². The van der Waals surface area contributed by atoms with Crippen LogP contribution in [0.15, 0.2) is 36.7 Å². The van der Waals surface area contributed by atoms with Gasteiger partial charge in [-0.15, -0.1) is 0 Å². The Kier molecular flexibility index (Phi) is 3.52. The van der Waals surface area contributed by atoms with Gasteiger partial charge in [-0.1, -0.05) is 0 Å². The zero-order chi connectivity index (χ0) is 13.0. The third-order valence-corrected chi connectivity index (χ3v) is 2.44. The zero-order valence-electron chi connectivity index (χ0n) is 10.3. The number of nitrogens with zero attached hydrogens (tertiary/aromatic N) is 2. The van der Waals surface area contributed by atoms with Crippen molar-refractivity contribution in [3.63, 3.8) is 0 Å². The van der Waals surface area contributed by atoms with Gasteiger partial charge < -0.3 is 10.6 Å². The normalized spacial score (nSPS) is 9.89. The van der Waals surface area contributed by atoms with E-state index in [1.54, 1.807) is 25.4 Å². The van der Waals surface area contributed by atoms with Crippen LogP contribution in [-0.4, -0.2) is 22.9 Å². The summed E-state index contributed by atoms with van der Waals surface area (Å²) >= 11 is 0. The van der Waals surface area contributed by atoms with Gasteiger partial charge in [0.05, 0.1) is 5.56 Å². The van der Waals surface area contributed by atoms with E-state index in [-0.39, 0.29) is 5.91 Å². The van der Waals surface area contributed by atoms with Gasteiger partial charge in [-0.3, -0.25) is 4.79 Å². The maximum Gasteiger partial charge on any atom is 0.258 e. The van der Waals surface area contributed by atoms with Crippen molar-refractivity contribution in [3.05, 3.63) is 47.8 Å². The maximum atomic E-state index is 11.9. The fraction of sp³-hybridized carbons (Fsp3) is 0.154. The molecular formula is C13H14N4O. The molecular weight excluding hydrogens is 228 g/mol. The number of nitrogens with one attached hydrogen (secondary N) is 2. The zero-order valence-corrected chi connectivity index (χ0v) is 10.3. The Morgan fingerprint density at radius 1 is 1.17 bits per heavy atom. The van der Waals surface area contributed by atoms with Gasteiger partial charge in [0.1, 0.15) is 11.6 Å². The maximum absolute atomic E-state index is 11.9. The molecule has 5 heteroatoms. The number of aromatic nitrogens is 2. The molecule has 0 atom stereocenters. The lowest BCUT2D eigenvalue weighted by molar-refractivity contribution is 0.102. The highest BCUT2D eigenvalue weighted by atomic mass is 16.1. The number of aryl methyl sites for hydroxylation is 1. The Morgan fingerprint density at radius 3 is 2.61 bits per heavy atom. The van der Waals surface area contributed by atoms with Crippen LogP contribution in [0.3, 0.4) is 0 Å². The molecule has 92 valence electrons. The van der Waals surface area contributed by atoms with E-state index < -0.39 is 0 Å². The molecule has 2 aromatic rings. The van der Waals surface area contributed by atoms with Crippen molar-refractivity contribution >= 4 is 17.5 Å². The van der Waals surface area contributed by atoms with Crippen molar-refractivity contribution in [1.29, 1.82) is 0 Å². The second kappa shape index (κ2) is 5.27. The van der Waals surface area contributed by atoms with Crippen LogP contribution in [0.5, 0.6) is 0 Å². The van der Waals surface area contributed by atoms with Crippen molar-refractivity contribution < 1.29 is 4.79 Å². The molecule has 2 heterocycles. The summed E-state index contributed by atoms with van der Waals surface area (Å²) in [5.41, 5.74) is 1.54. The lowest BCUT2D eigenvalue weighted by atomic mass is 10.2. The Morgan fingerprint density at radius 2 is 2.00 bits per heavy atom. The first kappa shape index (κ1) is 12.0. The number of amides is 1. The number of hydrogen-bond acceptors (Lipinski definition) is 4. The minimum Gasteiger partial charge on any atom is -0.373 e. The number of rotatable bonds is 3. The summed E-state index contributed by atoms with van der Waals surface area (Å²) in [5, 5.41) is 5.62. The van der Waals surface area contributed by atoms with Crippen LogP contribution in [0.25, 0.3) is 0 Å². The topological polar surface area (TPSA) is 66.9 Å². The van der Waals surface area contributed by atoms with E-state index in [0.29, 0.717) is 11.4 Å². The Bertz CT molecular complexity index is 551. The van der Waals surface area contributed by atoms with Crippen LogP contribution >= 0.6 is 0 Å². The predicted octanol–water partition coefficient (Wildman–Crippen LogP) is 2.08. The van der Waals surface area contributed by atoms with Gasteiger partial charge in [0, 0.05) is 19.4 Å². The molecule has 0 radical (unpaired) electrons. The third-order valence-electron chi connectivity index (χ3n) is 2.44. The molecule has 0 unspecified atom stereocenters. The van der Waals surface area contributed by atoms with Crippen LogP contribution in [0.4, 0.5) is 11.6 Å². The quantitative estimate of drug-likeness (QED) is 0.864. The Balaban J connectivity index is 2.11. The molecule has 0 aromatic carbocycles. The van der Waals surface area contributed by atoms with Gasteiger partial charge in [0.2, 0.25) is 0 Å². The van der Waals surface area contributed by atoms with Gasteiger partial charge in [-0.05, 0) is 36.8 Å². The Labute approximate surface area is 105 Å². The summed E-state index contributed by atoms with van der Waals surface area (Å²) < 4.78 is 0. The predicted molar refractivity (Wildman–Crippen MR) is 70.7 cm³/mol. The molecule has 2 aromatic heterocycles. The van der Waals surface area contributed by atoms with Crippen LogP contribution < -0.4 is 10.6 Å². The van der Waals surface area contributed by atoms with E-state index in [9.17, 15) is 4.79 Å². The molecule has 0 fully saturated rings. The van der Waals surface area contributed by atoms with Crippen molar-refractivity contribution in [2.24, 2.45) is 0 Å². The van der Waals surface area contributed by atoms with E-state index in [1.807, 2.05) is 19.1 Å². The van der Waals surface area contributed by atoms with Crippen LogP contribution in [0, 0.1) is 6.92 Å². The Hall–Kier alpha value is -2.43. The van der Waals surface area contributed by atoms with E-state index >= 15 is 0 Å². The largest absolute Gasteiger partial charge is 0.373 e. The van der Waals surface area contributed by atoms with Crippen molar-refractivity contribution in [3.8, 4) is 0 Å². The number of anilines is 2. The number of carbonyl (C=O) groups excluding carboxylic acids is 1. The molecule has 5 nitrogen and oxygen atoms in total. The molecule has 0 bridgehead atoms. The fourth-order valence-corrected chi connectivity index (χ4v) is 1.47. The molecule has 18 heavy (non-hydrogen) atoms. The van der Waals surface area contributed by atoms with E-state index in [4.69, 9.17) is 0 Å². The van der Waals surface area contributed by atoms with Crippen LogP contribution in [0.2, 0.25) is 0 Å². The van der Waals surface area contributed by atoms with Crippen LogP contribution in [0.1, 0.15) is 15.9 Å². The minimum atomic E-state index is -0.219. The first-order valence-electron chi connectivity index (χ1n) is 5.57. The lowest BCUT2D eigenvalue weighted by Gasteiger charge is -2.05. The van der Waals surface area contributed by atoms with Gasteiger partial charge in [-0.2, -0.15) is 0 Å². The second-order valence-corrected chi connectivity index (χ2v) is 3.85. The fourth-order valence-electron chi connectivity index (χ4n) is 1.47. The minimum absolute atomic E-state index is 0.219. The van der Waals surface area contributed by atoms with E-state index in [0.717, 1.165) is 11.4 Å². The average molecular weight is 242 g/mol. The highest BCUT2D eigenvalue weighted by Gasteiger charge is 2.07. The van der Waals surface area contributed by atoms with Gasteiger partial charge in [0.25, 0.3) is 5.91 Å². The first-order valence-corrected chi connectivity index (χ1v) is 5.57. The highest BCUT2D eigenvalue weighted by Crippen LogP contribution is 2.09. The molecule has 0 aliphatic heterocycles. The van der Waals surface area contributed by atoms with Crippen LogP contribution in [-0.2, 0) is 0 Å². The summed E-state index contributed by atoms with van der Waals surface area (Å²) in [6.45, 7) is 1.95. The number of carbonyl (C=O) groups is 1. The number of pyridine rings is 2. The smallest absolute Gasteiger partial charge is 0.258 e. The molecule has 0 aliphatic carbocycles. The standard InChI is InChI=1S/C13H14N4O/c1-9-5-6-15-12(7-9)17-13(18)10-3-4-11(14-2)16-8-10/h3-8H,1-2H3,(H,14,16)(H,15,17,18). The second-order valence-electron chi connectivity index (χ2n) is 3.85. The highest BCUT2D eigenvalue weighted by molar-refractivity contribution is 6.03. The van der Waals surface area contributed by atoms with Gasteiger partial charge in [-0.25, -0.2) is 9.97 Å². The summed E-state index contributed by atoms with van der Waals surface area (Å²) in [6, 6.07) is 7.15. The summed E-state index contributed by atoms with van der Waals surface area (Å²) in [4.78, 5) is 20.1. The molecule has 2 N–H and O–H groups in total. The van der Waals surface area contributed by atoms with E-state index in [2.05, 4.69) is 20.6 Å². The SMILES string of the molecule is CNc1ccc(C(=O)Nc2cc(C)ccn2)cn1. The molecule has 0 saturated heterocycles. The summed E-state index contributed by atoms with van der Waals surface area (Å²) in [7, 11) is 1.78. The molecule has 0 aliphatic rings.